The summed E-state index contributed by atoms with van der Waals surface area (Å²) in [4.78, 5) is 32.9. The van der Waals surface area contributed by atoms with Gasteiger partial charge in [0.15, 0.2) is 0 Å². The van der Waals surface area contributed by atoms with Crippen molar-refractivity contribution in [1.82, 2.24) is 15.1 Å². The summed E-state index contributed by atoms with van der Waals surface area (Å²) in [5.41, 5.74) is 3.61. The van der Waals surface area contributed by atoms with Crippen LogP contribution >= 0.6 is 0 Å². The second kappa shape index (κ2) is 11.3. The second-order valence-electron chi connectivity index (χ2n) is 9.82. The fourth-order valence-electron chi connectivity index (χ4n) is 5.62. The molecule has 3 aliphatic heterocycles. The molecular formula is C28H36N4O4. The molecule has 0 bridgehead atoms. The largest absolute Gasteiger partial charge is 0.497 e. The van der Waals surface area contributed by atoms with Crippen molar-refractivity contribution in [3.63, 3.8) is 0 Å². The van der Waals surface area contributed by atoms with Crippen LogP contribution < -0.4 is 15.0 Å². The predicted octanol–water partition coefficient (Wildman–Crippen LogP) is 1.58. The van der Waals surface area contributed by atoms with Gasteiger partial charge in [0.2, 0.25) is 11.8 Å². The zero-order valence-electron chi connectivity index (χ0n) is 21.0. The van der Waals surface area contributed by atoms with Gasteiger partial charge >= 0.3 is 0 Å². The molecule has 2 amide bonds. The average Bonchev–Trinajstić information content (AvgIpc) is 2.93. The molecule has 0 aliphatic carbocycles. The number of hydrogen-bond acceptors (Lipinski definition) is 6. The molecule has 0 radical (unpaired) electrons. The quantitative estimate of drug-likeness (QED) is 0.633. The van der Waals surface area contributed by atoms with Gasteiger partial charge in [-0.2, -0.15) is 0 Å². The fraction of sp³-hybridized carbons (Fsp3) is 0.500. The maximum Gasteiger partial charge on any atom is 0.236 e. The van der Waals surface area contributed by atoms with Gasteiger partial charge in [0.25, 0.3) is 0 Å². The minimum atomic E-state index is -0.156. The Morgan fingerprint density at radius 3 is 2.58 bits per heavy atom. The van der Waals surface area contributed by atoms with Crippen LogP contribution in [0.1, 0.15) is 11.1 Å². The smallest absolute Gasteiger partial charge is 0.236 e. The third-order valence-electron chi connectivity index (χ3n) is 7.64. The van der Waals surface area contributed by atoms with Gasteiger partial charge < -0.3 is 24.6 Å². The van der Waals surface area contributed by atoms with E-state index in [1.165, 1.54) is 11.3 Å². The number of carbonyl (C=O) groups is 2. The molecule has 2 saturated heterocycles. The fourth-order valence-corrected chi connectivity index (χ4v) is 5.62. The van der Waals surface area contributed by atoms with Crippen LogP contribution in [0.5, 0.6) is 5.75 Å². The van der Waals surface area contributed by atoms with Crippen LogP contribution in [-0.2, 0) is 27.2 Å². The number of carbonyl (C=O) groups excluding carboxylic acids is 2. The zero-order chi connectivity index (χ0) is 24.9. The maximum absolute atomic E-state index is 13.5. The first kappa shape index (κ1) is 24.6. The van der Waals surface area contributed by atoms with E-state index in [1.54, 1.807) is 7.11 Å². The Morgan fingerprint density at radius 2 is 1.81 bits per heavy atom. The molecule has 3 aliphatic rings. The summed E-state index contributed by atoms with van der Waals surface area (Å²) in [6, 6.07) is 16.4. The van der Waals surface area contributed by atoms with Gasteiger partial charge in [-0.15, -0.1) is 0 Å². The van der Waals surface area contributed by atoms with Crippen molar-refractivity contribution >= 4 is 17.5 Å². The predicted molar refractivity (Wildman–Crippen MR) is 138 cm³/mol. The first-order valence-electron chi connectivity index (χ1n) is 13.0. The molecule has 8 nitrogen and oxygen atoms in total. The number of rotatable bonds is 7. The normalized spacial score (nSPS) is 21.9. The number of fused-ring (bicyclic) bond motifs is 3. The van der Waals surface area contributed by atoms with Crippen molar-refractivity contribution in [2.24, 2.45) is 5.92 Å². The highest BCUT2D eigenvalue weighted by atomic mass is 16.5. The number of piperazine rings is 1. The molecule has 36 heavy (non-hydrogen) atoms. The van der Waals surface area contributed by atoms with Crippen LogP contribution in [0, 0.1) is 5.92 Å². The lowest BCUT2D eigenvalue weighted by atomic mass is 9.83. The molecule has 5 rings (SSSR count). The Labute approximate surface area is 213 Å². The second-order valence-corrected chi connectivity index (χ2v) is 9.82. The molecule has 0 spiro atoms. The standard InChI is InChI=1S/C28H36N4O4/c1-35-23-8-6-21(7-9-23)10-11-29-28(34)24-18-22-4-2-3-5-25(22)32-13-12-30(19-26(24)32)20-27(33)31-14-16-36-17-15-31/h2-9,24,26H,10-20H2,1H3,(H,29,34). The maximum atomic E-state index is 13.5. The minimum absolute atomic E-state index is 0.0483. The lowest BCUT2D eigenvalue weighted by Crippen LogP contribution is -2.62. The molecule has 2 aromatic carbocycles. The minimum Gasteiger partial charge on any atom is -0.497 e. The summed E-state index contributed by atoms with van der Waals surface area (Å²) in [6.45, 7) is 5.87. The molecule has 2 fully saturated rings. The molecule has 8 heteroatoms. The van der Waals surface area contributed by atoms with Crippen molar-refractivity contribution in [2.45, 2.75) is 18.9 Å². The lowest BCUT2D eigenvalue weighted by Gasteiger charge is -2.49. The van der Waals surface area contributed by atoms with E-state index in [1.807, 2.05) is 29.2 Å². The topological polar surface area (TPSA) is 74.4 Å². The SMILES string of the molecule is COc1ccc(CCNC(=O)C2Cc3ccccc3N3CCN(CC(=O)N4CCOCC4)CC23)cc1. The highest BCUT2D eigenvalue weighted by Crippen LogP contribution is 2.36. The molecule has 2 aromatic rings. The van der Waals surface area contributed by atoms with Crippen molar-refractivity contribution in [2.75, 3.05) is 71.0 Å². The average molecular weight is 493 g/mol. The van der Waals surface area contributed by atoms with Crippen molar-refractivity contribution < 1.29 is 19.1 Å². The highest BCUT2D eigenvalue weighted by Gasteiger charge is 2.41. The Kier molecular flexibility index (Phi) is 7.72. The van der Waals surface area contributed by atoms with Crippen molar-refractivity contribution in [3.8, 4) is 5.75 Å². The Balaban J connectivity index is 1.24. The van der Waals surface area contributed by atoms with E-state index < -0.39 is 0 Å². The molecule has 1 N–H and O–H groups in total. The Hall–Kier alpha value is -3.10. The van der Waals surface area contributed by atoms with Crippen LogP contribution in [0.15, 0.2) is 48.5 Å². The van der Waals surface area contributed by atoms with Crippen LogP contribution in [0.2, 0.25) is 0 Å². The van der Waals surface area contributed by atoms with E-state index in [0.29, 0.717) is 45.9 Å². The molecule has 192 valence electrons. The van der Waals surface area contributed by atoms with E-state index >= 15 is 0 Å². The number of amides is 2. The van der Waals surface area contributed by atoms with E-state index in [-0.39, 0.29) is 23.8 Å². The van der Waals surface area contributed by atoms with E-state index in [9.17, 15) is 9.59 Å². The van der Waals surface area contributed by atoms with Gasteiger partial charge in [-0.05, 0) is 42.2 Å². The van der Waals surface area contributed by atoms with Crippen LogP contribution in [0.4, 0.5) is 5.69 Å². The summed E-state index contributed by atoms with van der Waals surface area (Å²) in [5.74, 6) is 0.924. The van der Waals surface area contributed by atoms with Crippen molar-refractivity contribution in [3.05, 3.63) is 59.7 Å². The third-order valence-corrected chi connectivity index (χ3v) is 7.64. The van der Waals surface area contributed by atoms with Crippen molar-refractivity contribution in [1.29, 1.82) is 0 Å². The van der Waals surface area contributed by atoms with Gasteiger partial charge in [-0.1, -0.05) is 30.3 Å². The number of ether oxygens (including phenoxy) is 2. The highest BCUT2D eigenvalue weighted by molar-refractivity contribution is 5.82. The summed E-state index contributed by atoms with van der Waals surface area (Å²) in [7, 11) is 1.66. The lowest BCUT2D eigenvalue weighted by molar-refractivity contribution is -0.136. The third kappa shape index (κ3) is 5.50. The number of benzene rings is 2. The van der Waals surface area contributed by atoms with Gasteiger partial charge in [-0.3, -0.25) is 14.5 Å². The summed E-state index contributed by atoms with van der Waals surface area (Å²) >= 11 is 0. The molecule has 2 atom stereocenters. The summed E-state index contributed by atoms with van der Waals surface area (Å²) in [6.07, 6.45) is 1.49. The number of anilines is 1. The van der Waals surface area contributed by atoms with E-state index in [0.717, 1.165) is 37.2 Å². The molecule has 0 saturated carbocycles. The van der Waals surface area contributed by atoms with E-state index in [4.69, 9.17) is 9.47 Å². The summed E-state index contributed by atoms with van der Waals surface area (Å²) in [5, 5.41) is 3.20. The Morgan fingerprint density at radius 1 is 1.03 bits per heavy atom. The van der Waals surface area contributed by atoms with Gasteiger partial charge in [-0.25, -0.2) is 0 Å². The summed E-state index contributed by atoms with van der Waals surface area (Å²) < 4.78 is 10.6. The van der Waals surface area contributed by atoms with Crippen LogP contribution in [0.25, 0.3) is 0 Å². The van der Waals surface area contributed by atoms with E-state index in [2.05, 4.69) is 39.4 Å². The Bertz CT molecular complexity index is 1050. The van der Waals surface area contributed by atoms with Gasteiger partial charge in [0.05, 0.1) is 38.8 Å². The first-order chi connectivity index (χ1) is 17.6. The van der Waals surface area contributed by atoms with Gasteiger partial charge in [0, 0.05) is 45.0 Å². The zero-order valence-corrected chi connectivity index (χ0v) is 21.0. The molecule has 2 unspecified atom stereocenters. The molecular weight excluding hydrogens is 456 g/mol. The number of para-hydroxylation sites is 1. The monoisotopic (exact) mass is 492 g/mol. The number of nitrogens with zero attached hydrogens (tertiary/aromatic N) is 3. The van der Waals surface area contributed by atoms with Crippen LogP contribution in [0.3, 0.4) is 0 Å². The molecule has 0 aromatic heterocycles. The number of morpholine rings is 1. The number of nitrogens with one attached hydrogen (secondary N) is 1. The van der Waals surface area contributed by atoms with Crippen LogP contribution in [-0.4, -0.2) is 93.8 Å². The first-order valence-corrected chi connectivity index (χ1v) is 13.0. The number of hydrogen-bond donors (Lipinski definition) is 1. The molecule has 3 heterocycles. The number of methoxy groups -OCH3 is 1. The van der Waals surface area contributed by atoms with Gasteiger partial charge in [0.1, 0.15) is 5.75 Å².